The zero-order valence-electron chi connectivity index (χ0n) is 11.8. The third kappa shape index (κ3) is 2.52. The largest absolute Gasteiger partial charge is 0.354 e. The number of rotatable bonds is 2. The van der Waals surface area contributed by atoms with Crippen LogP contribution in [0.25, 0.3) is 0 Å². The summed E-state index contributed by atoms with van der Waals surface area (Å²) in [6.07, 6.45) is 4.51. The number of nitrogens with zero attached hydrogens (tertiary/aromatic N) is 1. The monoisotopic (exact) mass is 293 g/mol. The van der Waals surface area contributed by atoms with Crippen molar-refractivity contribution in [3.8, 4) is 0 Å². The average molecular weight is 293 g/mol. The van der Waals surface area contributed by atoms with Crippen molar-refractivity contribution in [2.75, 3.05) is 6.54 Å². The van der Waals surface area contributed by atoms with E-state index in [2.05, 4.69) is 10.6 Å². The Balaban J connectivity index is 1.79. The number of piperidine rings is 1. The van der Waals surface area contributed by atoms with Gasteiger partial charge in [-0.15, -0.1) is 0 Å². The summed E-state index contributed by atoms with van der Waals surface area (Å²) in [5.74, 6) is -1.64. The van der Waals surface area contributed by atoms with Gasteiger partial charge in [0.05, 0.1) is 6.04 Å². The summed E-state index contributed by atoms with van der Waals surface area (Å²) in [6, 6.07) is -1.01. The van der Waals surface area contributed by atoms with E-state index in [0.717, 1.165) is 30.6 Å². The maximum absolute atomic E-state index is 12.6. The molecule has 114 valence electrons. The number of carbonyl (C=O) groups excluding carboxylic acids is 4. The first-order valence-electron chi connectivity index (χ1n) is 7.52. The fourth-order valence-electron chi connectivity index (χ4n) is 3.60. The molecule has 0 aromatic heterocycles. The molecule has 1 saturated carbocycles. The molecule has 0 spiro atoms. The van der Waals surface area contributed by atoms with Gasteiger partial charge in [0, 0.05) is 13.0 Å². The number of urea groups is 1. The molecule has 1 aliphatic carbocycles. The van der Waals surface area contributed by atoms with E-state index in [1.54, 1.807) is 0 Å². The molecule has 2 N–H and O–H groups in total. The Kier molecular flexibility index (Phi) is 3.65. The molecule has 21 heavy (non-hydrogen) atoms. The van der Waals surface area contributed by atoms with E-state index in [0.29, 0.717) is 12.8 Å². The number of hydrogen-bond acceptors (Lipinski definition) is 4. The van der Waals surface area contributed by atoms with E-state index in [4.69, 9.17) is 0 Å². The van der Waals surface area contributed by atoms with Crippen LogP contribution >= 0.6 is 0 Å². The lowest BCUT2D eigenvalue weighted by atomic mass is 9.86. The molecule has 2 unspecified atom stereocenters. The van der Waals surface area contributed by atoms with Crippen LogP contribution in [0.5, 0.6) is 0 Å². The number of barbiturate groups is 1. The third-order valence-corrected chi connectivity index (χ3v) is 4.71. The highest BCUT2D eigenvalue weighted by molar-refractivity contribution is 6.16. The Bertz CT molecular complexity index is 488. The molecule has 2 aliphatic heterocycles. The fourth-order valence-corrected chi connectivity index (χ4v) is 3.60. The molecule has 0 aromatic rings. The minimum Gasteiger partial charge on any atom is -0.354 e. The van der Waals surface area contributed by atoms with Crippen molar-refractivity contribution in [3.05, 3.63) is 0 Å². The van der Waals surface area contributed by atoms with Crippen molar-refractivity contribution in [3.63, 3.8) is 0 Å². The van der Waals surface area contributed by atoms with Gasteiger partial charge in [0.1, 0.15) is 5.92 Å². The van der Waals surface area contributed by atoms with Gasteiger partial charge in [0.2, 0.25) is 17.7 Å². The Labute approximate surface area is 122 Å². The molecular weight excluding hydrogens is 274 g/mol. The first kappa shape index (κ1) is 14.0. The molecule has 2 saturated heterocycles. The van der Waals surface area contributed by atoms with E-state index in [9.17, 15) is 19.2 Å². The third-order valence-electron chi connectivity index (χ3n) is 4.71. The number of imide groups is 2. The molecule has 0 bridgehead atoms. The van der Waals surface area contributed by atoms with Crippen molar-refractivity contribution in [1.82, 2.24) is 15.5 Å². The molecule has 7 heteroatoms. The van der Waals surface area contributed by atoms with Gasteiger partial charge >= 0.3 is 6.03 Å². The summed E-state index contributed by atoms with van der Waals surface area (Å²) in [6.45, 7) is 0.267. The number of carbonyl (C=O) groups is 4. The molecular formula is C14H19N3O4. The zero-order valence-corrected chi connectivity index (χ0v) is 11.8. The summed E-state index contributed by atoms with van der Waals surface area (Å²) < 4.78 is 0. The molecule has 0 radical (unpaired) electrons. The molecule has 2 atom stereocenters. The van der Waals surface area contributed by atoms with E-state index in [-0.39, 0.29) is 24.4 Å². The van der Waals surface area contributed by atoms with E-state index in [1.807, 2.05) is 0 Å². The van der Waals surface area contributed by atoms with Crippen molar-refractivity contribution < 1.29 is 19.2 Å². The highest BCUT2D eigenvalue weighted by Crippen LogP contribution is 2.34. The molecule has 0 aromatic carbocycles. The van der Waals surface area contributed by atoms with Crippen LogP contribution in [0.2, 0.25) is 0 Å². The van der Waals surface area contributed by atoms with Gasteiger partial charge in [-0.25, -0.2) is 4.79 Å². The van der Waals surface area contributed by atoms with Crippen LogP contribution in [0.4, 0.5) is 4.79 Å². The zero-order chi connectivity index (χ0) is 15.0. The van der Waals surface area contributed by atoms with Crippen LogP contribution in [-0.4, -0.2) is 41.2 Å². The van der Waals surface area contributed by atoms with E-state index >= 15 is 0 Å². The average Bonchev–Trinajstić information content (AvgIpc) is 2.94. The summed E-state index contributed by atoms with van der Waals surface area (Å²) in [7, 11) is 0. The van der Waals surface area contributed by atoms with Gasteiger partial charge in [-0.05, 0) is 25.2 Å². The second-order valence-corrected chi connectivity index (χ2v) is 6.02. The topological polar surface area (TPSA) is 95.6 Å². The van der Waals surface area contributed by atoms with Crippen LogP contribution in [0.1, 0.15) is 38.5 Å². The van der Waals surface area contributed by atoms with E-state index in [1.165, 1.54) is 0 Å². The highest BCUT2D eigenvalue weighted by atomic mass is 16.2. The van der Waals surface area contributed by atoms with Gasteiger partial charge in [-0.2, -0.15) is 0 Å². The van der Waals surface area contributed by atoms with Gasteiger partial charge in [-0.3, -0.25) is 24.6 Å². The smallest absolute Gasteiger partial charge is 0.331 e. The molecule has 3 rings (SSSR count). The predicted octanol–water partition coefficient (Wildman–Crippen LogP) is 0.150. The Morgan fingerprint density at radius 3 is 2.33 bits per heavy atom. The van der Waals surface area contributed by atoms with Gasteiger partial charge in [0.25, 0.3) is 0 Å². The quantitative estimate of drug-likeness (QED) is 0.708. The van der Waals surface area contributed by atoms with Crippen molar-refractivity contribution in [1.29, 1.82) is 0 Å². The SMILES string of the molecule is O=C1CCC(N2C(=O)NC(=O)C(C3CCCC3)C2=O)CN1. The lowest BCUT2D eigenvalue weighted by molar-refractivity contribution is -0.147. The van der Waals surface area contributed by atoms with Crippen molar-refractivity contribution in [2.24, 2.45) is 11.8 Å². The van der Waals surface area contributed by atoms with Crippen LogP contribution in [-0.2, 0) is 14.4 Å². The molecule has 5 amide bonds. The van der Waals surface area contributed by atoms with E-state index < -0.39 is 23.8 Å². The maximum Gasteiger partial charge on any atom is 0.331 e. The maximum atomic E-state index is 12.6. The first-order chi connectivity index (χ1) is 10.1. The molecule has 3 fully saturated rings. The van der Waals surface area contributed by atoms with Crippen molar-refractivity contribution in [2.45, 2.75) is 44.6 Å². The fraction of sp³-hybridized carbons (Fsp3) is 0.714. The summed E-state index contributed by atoms with van der Waals surface area (Å²) in [5.41, 5.74) is 0. The van der Waals surface area contributed by atoms with Gasteiger partial charge in [0.15, 0.2) is 0 Å². The standard InChI is InChI=1S/C14H19N3O4/c18-10-6-5-9(7-15-10)17-13(20)11(8-3-1-2-4-8)12(19)16-14(17)21/h8-9,11H,1-7H2,(H,15,18)(H,16,19,21). The Morgan fingerprint density at radius 2 is 1.71 bits per heavy atom. The number of hydrogen-bond donors (Lipinski definition) is 2. The predicted molar refractivity (Wildman–Crippen MR) is 71.9 cm³/mol. The molecule has 2 heterocycles. The lowest BCUT2D eigenvalue weighted by Crippen LogP contribution is -2.64. The first-order valence-corrected chi connectivity index (χ1v) is 7.52. The Morgan fingerprint density at radius 1 is 1.00 bits per heavy atom. The number of amides is 5. The summed E-state index contributed by atoms with van der Waals surface area (Å²) in [4.78, 5) is 49.1. The van der Waals surface area contributed by atoms with Crippen molar-refractivity contribution >= 4 is 23.8 Å². The summed E-state index contributed by atoms with van der Waals surface area (Å²) in [5, 5.41) is 4.98. The van der Waals surface area contributed by atoms with Gasteiger partial charge < -0.3 is 5.32 Å². The Hall–Kier alpha value is -1.92. The number of nitrogens with one attached hydrogen (secondary N) is 2. The molecule has 3 aliphatic rings. The minimum absolute atomic E-state index is 0.0336. The minimum atomic E-state index is -0.747. The van der Waals surface area contributed by atoms with Crippen LogP contribution < -0.4 is 10.6 Å². The van der Waals surface area contributed by atoms with Crippen LogP contribution in [0, 0.1) is 11.8 Å². The second-order valence-electron chi connectivity index (χ2n) is 6.02. The highest BCUT2D eigenvalue weighted by Gasteiger charge is 2.47. The molecule has 7 nitrogen and oxygen atoms in total. The second kappa shape index (κ2) is 5.46. The lowest BCUT2D eigenvalue weighted by Gasteiger charge is -2.38. The normalized spacial score (nSPS) is 31.3. The summed E-state index contributed by atoms with van der Waals surface area (Å²) >= 11 is 0. The van der Waals surface area contributed by atoms with Crippen LogP contribution in [0.15, 0.2) is 0 Å². The van der Waals surface area contributed by atoms with Crippen LogP contribution in [0.3, 0.4) is 0 Å². The van der Waals surface area contributed by atoms with Gasteiger partial charge in [-0.1, -0.05) is 12.8 Å².